The molecule has 0 aromatic heterocycles. The highest BCUT2D eigenvalue weighted by molar-refractivity contribution is 5.33. The highest BCUT2D eigenvalue weighted by Gasteiger charge is 2.23. The highest BCUT2D eigenvalue weighted by Crippen LogP contribution is 2.25. The molecule has 0 N–H and O–H groups in total. The summed E-state index contributed by atoms with van der Waals surface area (Å²) in [7, 11) is 0. The Morgan fingerprint density at radius 3 is 2.19 bits per heavy atom. The lowest BCUT2D eigenvalue weighted by Crippen LogP contribution is -2.24. The van der Waals surface area contributed by atoms with E-state index in [-0.39, 0.29) is 6.04 Å². The van der Waals surface area contributed by atoms with Crippen molar-refractivity contribution in [1.29, 1.82) is 5.26 Å². The molecule has 1 aliphatic heterocycles. The van der Waals surface area contributed by atoms with E-state index >= 15 is 0 Å². The van der Waals surface area contributed by atoms with Gasteiger partial charge in [0, 0.05) is 0 Å². The number of hydrogen-bond donors (Lipinski definition) is 0. The van der Waals surface area contributed by atoms with E-state index in [2.05, 4.69) is 43.0 Å². The van der Waals surface area contributed by atoms with Crippen LogP contribution in [-0.2, 0) is 0 Å². The van der Waals surface area contributed by atoms with Crippen LogP contribution in [0.4, 0.5) is 0 Å². The molecule has 1 aromatic rings. The topological polar surface area (TPSA) is 27.0 Å². The van der Waals surface area contributed by atoms with E-state index in [0.29, 0.717) is 0 Å². The van der Waals surface area contributed by atoms with Crippen molar-refractivity contribution in [1.82, 2.24) is 4.90 Å². The summed E-state index contributed by atoms with van der Waals surface area (Å²) in [4.78, 5) is 2.29. The summed E-state index contributed by atoms with van der Waals surface area (Å²) in [6, 6.07) is 8.82. The van der Waals surface area contributed by atoms with Crippen LogP contribution in [0.5, 0.6) is 0 Å². The van der Waals surface area contributed by atoms with Gasteiger partial charge in [-0.2, -0.15) is 5.26 Å². The van der Waals surface area contributed by atoms with Gasteiger partial charge in [-0.1, -0.05) is 29.3 Å². The Kier molecular flexibility index (Phi) is 3.26. The van der Waals surface area contributed by atoms with Gasteiger partial charge in [-0.15, -0.1) is 0 Å². The van der Waals surface area contributed by atoms with Crippen LogP contribution in [0.2, 0.25) is 0 Å². The molecule has 0 saturated carbocycles. The summed E-state index contributed by atoms with van der Waals surface area (Å²) in [6.45, 7) is 6.31. The SMILES string of the molecule is Cc1cc(C)cc(C(C#N)N2CCCC2)c1. The standard InChI is InChI=1S/C14H18N2/c1-11-7-12(2)9-13(8-11)14(10-15)16-5-3-4-6-16/h7-9,14H,3-6H2,1-2H3. The molecule has 0 spiro atoms. The Hall–Kier alpha value is -1.33. The summed E-state index contributed by atoms with van der Waals surface area (Å²) in [6.07, 6.45) is 2.45. The first-order valence-electron chi connectivity index (χ1n) is 5.92. The molecule has 0 radical (unpaired) electrons. The number of nitrogens with zero attached hydrogens (tertiary/aromatic N) is 2. The van der Waals surface area contributed by atoms with E-state index < -0.39 is 0 Å². The van der Waals surface area contributed by atoms with E-state index in [1.807, 2.05) is 0 Å². The van der Waals surface area contributed by atoms with Crippen LogP contribution in [0.1, 0.15) is 35.6 Å². The van der Waals surface area contributed by atoms with Crippen molar-refractivity contribution < 1.29 is 0 Å². The van der Waals surface area contributed by atoms with Gasteiger partial charge in [0.2, 0.25) is 0 Å². The third-order valence-corrected chi connectivity index (χ3v) is 3.19. The smallest absolute Gasteiger partial charge is 0.123 e. The van der Waals surface area contributed by atoms with Crippen LogP contribution in [0, 0.1) is 25.2 Å². The Labute approximate surface area is 97.5 Å². The Morgan fingerprint density at radius 1 is 1.12 bits per heavy atom. The van der Waals surface area contributed by atoms with Crippen molar-refractivity contribution in [2.75, 3.05) is 13.1 Å². The minimum atomic E-state index is -0.0545. The van der Waals surface area contributed by atoms with Crippen LogP contribution in [0.3, 0.4) is 0 Å². The highest BCUT2D eigenvalue weighted by atomic mass is 15.2. The van der Waals surface area contributed by atoms with Crippen LogP contribution in [-0.4, -0.2) is 18.0 Å². The number of benzene rings is 1. The number of aryl methyl sites for hydroxylation is 2. The van der Waals surface area contributed by atoms with E-state index in [1.54, 1.807) is 0 Å². The molecule has 2 heteroatoms. The van der Waals surface area contributed by atoms with Crippen molar-refractivity contribution in [2.45, 2.75) is 32.7 Å². The van der Waals surface area contributed by atoms with Gasteiger partial charge < -0.3 is 0 Å². The normalized spacial score (nSPS) is 18.3. The first kappa shape index (κ1) is 11.2. The van der Waals surface area contributed by atoms with Gasteiger partial charge in [-0.3, -0.25) is 4.90 Å². The summed E-state index contributed by atoms with van der Waals surface area (Å²) < 4.78 is 0. The monoisotopic (exact) mass is 214 g/mol. The lowest BCUT2D eigenvalue weighted by molar-refractivity contribution is 0.294. The third kappa shape index (κ3) is 2.25. The minimum Gasteiger partial charge on any atom is -0.284 e. The molecule has 1 aromatic carbocycles. The predicted octanol–water partition coefficient (Wildman–Crippen LogP) is 2.96. The molecular weight excluding hydrogens is 196 g/mol. The first-order chi connectivity index (χ1) is 7.70. The van der Waals surface area contributed by atoms with Gasteiger partial charge in [0.25, 0.3) is 0 Å². The summed E-state index contributed by atoms with van der Waals surface area (Å²) in [5, 5.41) is 9.33. The van der Waals surface area contributed by atoms with Crippen molar-refractivity contribution >= 4 is 0 Å². The summed E-state index contributed by atoms with van der Waals surface area (Å²) >= 11 is 0. The van der Waals surface area contributed by atoms with E-state index in [1.165, 1.54) is 24.0 Å². The molecule has 1 aliphatic rings. The maximum Gasteiger partial charge on any atom is 0.123 e. The zero-order valence-corrected chi connectivity index (χ0v) is 10.0. The average Bonchev–Trinajstić information content (AvgIpc) is 2.70. The van der Waals surface area contributed by atoms with Gasteiger partial charge >= 0.3 is 0 Å². The quantitative estimate of drug-likeness (QED) is 0.756. The molecule has 1 saturated heterocycles. The molecule has 0 aliphatic carbocycles. The summed E-state index contributed by atoms with van der Waals surface area (Å²) in [5.41, 5.74) is 3.64. The number of hydrogen-bond acceptors (Lipinski definition) is 2. The van der Waals surface area contributed by atoms with Crippen molar-refractivity contribution in [3.05, 3.63) is 34.9 Å². The molecule has 1 heterocycles. The van der Waals surface area contributed by atoms with Crippen LogP contribution >= 0.6 is 0 Å². The van der Waals surface area contributed by atoms with Crippen LogP contribution < -0.4 is 0 Å². The van der Waals surface area contributed by atoms with Gasteiger partial charge in [0.1, 0.15) is 6.04 Å². The molecule has 0 amide bonds. The molecule has 1 unspecified atom stereocenters. The van der Waals surface area contributed by atoms with Crippen molar-refractivity contribution in [2.24, 2.45) is 0 Å². The largest absolute Gasteiger partial charge is 0.284 e. The molecule has 2 nitrogen and oxygen atoms in total. The van der Waals surface area contributed by atoms with E-state index in [9.17, 15) is 5.26 Å². The van der Waals surface area contributed by atoms with Crippen LogP contribution in [0.15, 0.2) is 18.2 Å². The zero-order valence-electron chi connectivity index (χ0n) is 10.0. The van der Waals surface area contributed by atoms with Gasteiger partial charge in [-0.25, -0.2) is 0 Å². The molecule has 0 bridgehead atoms. The number of rotatable bonds is 2. The molecule has 16 heavy (non-hydrogen) atoms. The fraction of sp³-hybridized carbons (Fsp3) is 0.500. The second-order valence-electron chi connectivity index (χ2n) is 4.70. The molecule has 1 fully saturated rings. The Bertz CT molecular complexity index is 391. The maximum absolute atomic E-state index is 9.33. The Balaban J connectivity index is 2.29. The predicted molar refractivity (Wildman–Crippen MR) is 65.1 cm³/mol. The minimum absolute atomic E-state index is 0.0545. The molecule has 1 atom stereocenters. The zero-order chi connectivity index (χ0) is 11.5. The Morgan fingerprint density at radius 2 is 1.69 bits per heavy atom. The molecule has 84 valence electrons. The van der Waals surface area contributed by atoms with Gasteiger partial charge in [0.15, 0.2) is 0 Å². The van der Waals surface area contributed by atoms with E-state index in [0.717, 1.165) is 18.7 Å². The second-order valence-corrected chi connectivity index (χ2v) is 4.70. The second kappa shape index (κ2) is 4.67. The van der Waals surface area contributed by atoms with Crippen molar-refractivity contribution in [3.8, 4) is 6.07 Å². The van der Waals surface area contributed by atoms with Gasteiger partial charge in [0.05, 0.1) is 6.07 Å². The number of nitriles is 1. The first-order valence-corrected chi connectivity index (χ1v) is 5.92. The molecule has 2 rings (SSSR count). The fourth-order valence-corrected chi connectivity index (χ4v) is 2.53. The van der Waals surface area contributed by atoms with E-state index in [4.69, 9.17) is 0 Å². The third-order valence-electron chi connectivity index (χ3n) is 3.19. The average molecular weight is 214 g/mol. The molecular formula is C14H18N2. The summed E-state index contributed by atoms with van der Waals surface area (Å²) in [5.74, 6) is 0. The maximum atomic E-state index is 9.33. The van der Waals surface area contributed by atoms with Crippen molar-refractivity contribution in [3.63, 3.8) is 0 Å². The fourth-order valence-electron chi connectivity index (χ4n) is 2.53. The lowest BCUT2D eigenvalue weighted by atomic mass is 10.0. The van der Waals surface area contributed by atoms with Crippen LogP contribution in [0.25, 0.3) is 0 Å². The number of likely N-dealkylation sites (tertiary alicyclic amines) is 1. The van der Waals surface area contributed by atoms with Gasteiger partial charge in [-0.05, 0) is 45.3 Å². The lowest BCUT2D eigenvalue weighted by Gasteiger charge is -2.22.